The van der Waals surface area contributed by atoms with Crippen molar-refractivity contribution in [3.8, 4) is 0 Å². The molecule has 0 radical (unpaired) electrons. The summed E-state index contributed by atoms with van der Waals surface area (Å²) in [6.45, 7) is 6.77. The van der Waals surface area contributed by atoms with E-state index in [-0.39, 0.29) is 24.1 Å². The van der Waals surface area contributed by atoms with Crippen molar-refractivity contribution >= 4 is 45.9 Å². The van der Waals surface area contributed by atoms with Gasteiger partial charge in [0.05, 0.1) is 36.7 Å². The number of nitrogens with zero attached hydrogens (tertiary/aromatic N) is 2. The summed E-state index contributed by atoms with van der Waals surface area (Å²) in [6.07, 6.45) is 0. The third-order valence-corrected chi connectivity index (χ3v) is 12.9. The summed E-state index contributed by atoms with van der Waals surface area (Å²) in [5, 5.41) is 12.6. The van der Waals surface area contributed by atoms with Gasteiger partial charge >= 0.3 is 25.5 Å². The second-order valence-corrected chi connectivity index (χ2v) is 15.3. The van der Waals surface area contributed by atoms with Gasteiger partial charge in [0.2, 0.25) is 5.31 Å². The number of hydrogen-bond acceptors (Lipinski definition) is 13. The smallest absolute Gasteiger partial charge is 0.450 e. The van der Waals surface area contributed by atoms with Crippen LogP contribution in [-0.4, -0.2) is 82.9 Å². The van der Waals surface area contributed by atoms with E-state index in [1.807, 2.05) is 0 Å². The van der Waals surface area contributed by atoms with E-state index in [0.717, 1.165) is 38.5 Å². The van der Waals surface area contributed by atoms with E-state index in [4.69, 9.17) is 23.0 Å². The number of hydrogen-bond donors (Lipinski definition) is 0. The molecule has 0 aromatic heterocycles. The van der Waals surface area contributed by atoms with Gasteiger partial charge in [-0.2, -0.15) is 17.9 Å². The third kappa shape index (κ3) is 5.98. The highest BCUT2D eigenvalue weighted by Crippen LogP contribution is 2.73. The zero-order chi connectivity index (χ0) is 34.7. The molecule has 0 saturated carbocycles. The Morgan fingerprint density at radius 3 is 1.54 bits per heavy atom. The highest BCUT2D eigenvalue weighted by molar-refractivity contribution is 7.91. The van der Waals surface area contributed by atoms with Crippen molar-refractivity contribution in [1.82, 2.24) is 8.61 Å². The normalized spacial score (nSPS) is 18.1. The van der Waals surface area contributed by atoms with Crippen LogP contribution in [0.15, 0.2) is 69.6 Å². The lowest BCUT2D eigenvalue weighted by Gasteiger charge is -2.36. The van der Waals surface area contributed by atoms with Crippen LogP contribution in [0.3, 0.4) is 0 Å². The number of imide groups is 1. The van der Waals surface area contributed by atoms with Crippen LogP contribution in [-0.2, 0) is 52.7 Å². The standard InChI is InChI=1S/C28H35N2O13PS2/c1-8-41-44(42-9-2,43-10-3)23(24(31)39-6)28(26(33)40-7)25(32)29(45(35,36)21-15-11-19(4)12-16-21)27(34)30(28)46(37,38)22-17-13-20(5)14-18-22/h11-18H,8-10H2,1-7H3/b24-23+. The molecule has 3 rings (SSSR count). The summed E-state index contributed by atoms with van der Waals surface area (Å²) >= 11 is 0. The molecule has 1 saturated heterocycles. The predicted molar refractivity (Wildman–Crippen MR) is 161 cm³/mol. The molecule has 1 unspecified atom stereocenters. The molecule has 0 N–H and O–H groups in total. The first-order valence-electron chi connectivity index (χ1n) is 13.8. The number of benzene rings is 2. The Labute approximate surface area is 268 Å². The van der Waals surface area contributed by atoms with Gasteiger partial charge in [-0.3, -0.25) is 4.79 Å². The minimum atomic E-state index is -5.40. The molecule has 2 aromatic carbocycles. The largest absolute Gasteiger partial charge is 0.614 e. The molecule has 1 aliphatic rings. The van der Waals surface area contributed by atoms with Gasteiger partial charge < -0.3 is 14.6 Å². The Bertz CT molecular complexity index is 1710. The minimum Gasteiger partial charge on any atom is -0.614 e. The van der Waals surface area contributed by atoms with Crippen LogP contribution in [0.25, 0.3) is 0 Å². The van der Waals surface area contributed by atoms with Crippen molar-refractivity contribution in [2.24, 2.45) is 0 Å². The SMILES string of the molecule is CCO[P+](OCC)(OCC)/C(=C(\[O-])OC)C1(C(=O)OC)C(=O)N(S(=O)(=O)c2ccc(C)cc2)C(=O)N1S(=O)(=O)c1ccc(C)cc1. The van der Waals surface area contributed by atoms with Crippen LogP contribution >= 0.6 is 7.94 Å². The van der Waals surface area contributed by atoms with Crippen LogP contribution in [0.4, 0.5) is 4.79 Å². The van der Waals surface area contributed by atoms with Crippen LogP contribution in [0.1, 0.15) is 31.9 Å². The number of amides is 3. The molecule has 1 atom stereocenters. The number of esters is 1. The summed E-state index contributed by atoms with van der Waals surface area (Å²) in [5.41, 5.74) is -2.51. The molecule has 1 heterocycles. The molecule has 0 spiro atoms. The Morgan fingerprint density at radius 2 is 1.17 bits per heavy atom. The van der Waals surface area contributed by atoms with Gasteiger partial charge in [0.15, 0.2) is 0 Å². The Morgan fingerprint density at radius 1 is 0.761 bits per heavy atom. The van der Waals surface area contributed by atoms with Gasteiger partial charge in [0.1, 0.15) is 5.95 Å². The summed E-state index contributed by atoms with van der Waals surface area (Å²) < 4.78 is 83.4. The molecule has 2 aromatic rings. The maximum absolute atomic E-state index is 14.7. The number of urea groups is 1. The van der Waals surface area contributed by atoms with Crippen molar-refractivity contribution in [2.45, 2.75) is 49.9 Å². The number of ether oxygens (including phenoxy) is 2. The molecule has 1 fully saturated rings. The van der Waals surface area contributed by atoms with Crippen molar-refractivity contribution in [2.75, 3.05) is 34.0 Å². The van der Waals surface area contributed by atoms with Crippen molar-refractivity contribution in [1.29, 1.82) is 0 Å². The molecule has 0 aliphatic carbocycles. The number of carbonyl (C=O) groups excluding carboxylic acids is 3. The Balaban J connectivity index is 2.64. The van der Waals surface area contributed by atoms with E-state index in [1.54, 1.807) is 13.8 Å². The average Bonchev–Trinajstić information content (AvgIpc) is 3.24. The molecule has 46 heavy (non-hydrogen) atoms. The molecule has 3 amide bonds. The average molecular weight is 703 g/mol. The van der Waals surface area contributed by atoms with Crippen LogP contribution in [0.2, 0.25) is 0 Å². The quantitative estimate of drug-likeness (QED) is 0.0917. The zero-order valence-electron chi connectivity index (χ0n) is 26.2. The fourth-order valence-corrected chi connectivity index (χ4v) is 10.3. The molecular formula is C28H35N2O13PS2. The minimum absolute atomic E-state index is 0.288. The number of methoxy groups -OCH3 is 2. The van der Waals surface area contributed by atoms with Gasteiger partial charge in [0, 0.05) is 0 Å². The lowest BCUT2D eigenvalue weighted by molar-refractivity contribution is -0.355. The Hall–Kier alpha value is -3.60. The monoisotopic (exact) mass is 702 g/mol. The van der Waals surface area contributed by atoms with E-state index in [0.29, 0.717) is 11.1 Å². The highest BCUT2D eigenvalue weighted by Gasteiger charge is 2.80. The van der Waals surface area contributed by atoms with Gasteiger partial charge in [0.25, 0.3) is 26.0 Å². The second-order valence-electron chi connectivity index (χ2n) is 9.55. The van der Waals surface area contributed by atoms with E-state index >= 15 is 0 Å². The number of rotatable bonds is 14. The second kappa shape index (κ2) is 14.0. The van der Waals surface area contributed by atoms with Gasteiger partial charge in [-0.15, -0.1) is 4.31 Å². The van der Waals surface area contributed by atoms with Gasteiger partial charge in [-0.25, -0.2) is 26.4 Å². The molecule has 252 valence electrons. The van der Waals surface area contributed by atoms with Gasteiger partial charge in [-0.1, -0.05) is 35.4 Å². The van der Waals surface area contributed by atoms with E-state index in [9.17, 15) is 36.3 Å². The lowest BCUT2D eigenvalue weighted by Crippen LogP contribution is -2.61. The number of sulfonamides is 2. The van der Waals surface area contributed by atoms with Crippen LogP contribution in [0, 0.1) is 13.8 Å². The molecule has 18 heteroatoms. The molecular weight excluding hydrogens is 667 g/mol. The van der Waals surface area contributed by atoms with Crippen molar-refractivity contribution < 1.29 is 59.4 Å². The highest BCUT2D eigenvalue weighted by atomic mass is 32.2. The first-order valence-corrected chi connectivity index (χ1v) is 18.2. The van der Waals surface area contributed by atoms with E-state index in [2.05, 4.69) is 0 Å². The fraction of sp³-hybridized carbons (Fsp3) is 0.393. The number of carbonyl (C=O) groups is 3. The number of aryl methyl sites for hydroxylation is 2. The van der Waals surface area contributed by atoms with E-state index in [1.165, 1.54) is 45.0 Å². The molecule has 1 aliphatic heterocycles. The molecule has 0 bridgehead atoms. The van der Waals surface area contributed by atoms with Crippen LogP contribution < -0.4 is 5.11 Å². The maximum atomic E-state index is 14.7. The first-order chi connectivity index (χ1) is 21.6. The maximum Gasteiger partial charge on any atom is 0.450 e. The van der Waals surface area contributed by atoms with Crippen molar-refractivity contribution in [3.63, 3.8) is 0 Å². The third-order valence-electron chi connectivity index (χ3n) is 6.64. The zero-order valence-corrected chi connectivity index (χ0v) is 28.7. The fourth-order valence-electron chi connectivity index (χ4n) is 4.65. The lowest BCUT2D eigenvalue weighted by atomic mass is 9.99. The summed E-state index contributed by atoms with van der Waals surface area (Å²) in [4.78, 5) is 41.9. The molecule has 15 nitrogen and oxygen atoms in total. The summed E-state index contributed by atoms with van der Waals surface area (Å²) in [5.74, 6) is -5.41. The topological polar surface area (TPSA) is 195 Å². The van der Waals surface area contributed by atoms with E-state index < -0.39 is 76.8 Å². The summed E-state index contributed by atoms with van der Waals surface area (Å²) in [6, 6.07) is 7.72. The van der Waals surface area contributed by atoms with Gasteiger partial charge in [-0.05, 0) is 66.0 Å². The predicted octanol–water partition coefficient (Wildman–Crippen LogP) is 2.60. The summed E-state index contributed by atoms with van der Waals surface area (Å²) in [7, 11) is -13.6. The van der Waals surface area contributed by atoms with Crippen molar-refractivity contribution in [3.05, 3.63) is 70.9 Å². The Kier molecular flexibility index (Phi) is 11.2. The first kappa shape index (κ1) is 36.9. The van der Waals surface area contributed by atoms with Crippen LogP contribution in [0.5, 0.6) is 0 Å².